The average molecular weight is 311 g/mol. The Balaban J connectivity index is 1.52. The molecular formula is C16H17N5O2. The molecule has 1 N–H and O–H groups in total. The van der Waals surface area contributed by atoms with Gasteiger partial charge in [0, 0.05) is 37.0 Å². The van der Waals surface area contributed by atoms with Crippen molar-refractivity contribution in [3.8, 4) is 5.88 Å². The highest BCUT2D eigenvalue weighted by molar-refractivity contribution is 5.94. The van der Waals surface area contributed by atoms with Gasteiger partial charge in [0.1, 0.15) is 5.82 Å². The number of aromatic nitrogens is 4. The maximum absolute atomic E-state index is 12.1. The number of aryl methyl sites for hydroxylation is 1. The fourth-order valence-electron chi connectivity index (χ4n) is 2.27. The topological polar surface area (TPSA) is 81.4 Å². The van der Waals surface area contributed by atoms with Gasteiger partial charge in [-0.2, -0.15) is 0 Å². The first-order chi connectivity index (χ1) is 11.3. The number of nitrogens with one attached hydrogen (secondary N) is 1. The largest absolute Gasteiger partial charge is 0.481 e. The molecule has 0 spiro atoms. The number of nitrogens with zero attached hydrogens (tertiary/aromatic N) is 4. The summed E-state index contributed by atoms with van der Waals surface area (Å²) in [7, 11) is 1.52. The highest BCUT2D eigenvalue weighted by Gasteiger charge is 2.08. The first-order valence-electron chi connectivity index (χ1n) is 7.35. The quantitative estimate of drug-likeness (QED) is 0.698. The van der Waals surface area contributed by atoms with Crippen LogP contribution in [0.2, 0.25) is 0 Å². The molecular weight excluding hydrogens is 294 g/mol. The fraction of sp³-hybridized carbons (Fsp3) is 0.250. The average Bonchev–Trinajstić information content (AvgIpc) is 3.02. The molecule has 0 aliphatic rings. The zero-order chi connectivity index (χ0) is 16.1. The number of carbonyl (C=O) groups excluding carboxylic acids is 1. The number of hydrogen-bond donors (Lipinski definition) is 1. The van der Waals surface area contributed by atoms with Crippen LogP contribution in [-0.4, -0.2) is 39.1 Å². The number of ether oxygens (including phenoxy) is 1. The highest BCUT2D eigenvalue weighted by Crippen LogP contribution is 2.08. The first kappa shape index (κ1) is 15.0. The van der Waals surface area contributed by atoms with Crippen LogP contribution in [0, 0.1) is 0 Å². The predicted molar refractivity (Wildman–Crippen MR) is 84.4 cm³/mol. The fourth-order valence-corrected chi connectivity index (χ4v) is 2.27. The Labute approximate surface area is 133 Å². The second-order valence-corrected chi connectivity index (χ2v) is 4.99. The molecule has 0 saturated carbocycles. The summed E-state index contributed by atoms with van der Waals surface area (Å²) in [5.74, 6) is 1.17. The smallest absolute Gasteiger partial charge is 0.251 e. The lowest BCUT2D eigenvalue weighted by molar-refractivity contribution is 0.0952. The number of hydrogen-bond acceptors (Lipinski definition) is 5. The Kier molecular flexibility index (Phi) is 4.46. The van der Waals surface area contributed by atoms with Crippen LogP contribution in [0.4, 0.5) is 0 Å². The van der Waals surface area contributed by atoms with Crippen molar-refractivity contribution in [2.24, 2.45) is 0 Å². The van der Waals surface area contributed by atoms with Gasteiger partial charge in [-0.25, -0.2) is 4.98 Å². The minimum atomic E-state index is -0.142. The van der Waals surface area contributed by atoms with Crippen molar-refractivity contribution in [3.63, 3.8) is 0 Å². The van der Waals surface area contributed by atoms with Gasteiger partial charge >= 0.3 is 0 Å². The monoisotopic (exact) mass is 311 g/mol. The third kappa shape index (κ3) is 3.45. The molecule has 0 fully saturated rings. The Morgan fingerprint density at radius 1 is 1.30 bits per heavy atom. The lowest BCUT2D eigenvalue weighted by atomic mass is 10.2. The Bertz CT molecular complexity index is 815. The number of fused-ring (bicyclic) bond motifs is 1. The van der Waals surface area contributed by atoms with E-state index in [1.807, 2.05) is 28.8 Å². The molecule has 3 heterocycles. The van der Waals surface area contributed by atoms with E-state index in [1.165, 1.54) is 7.11 Å². The zero-order valence-corrected chi connectivity index (χ0v) is 12.8. The number of pyridine rings is 2. The van der Waals surface area contributed by atoms with Crippen LogP contribution in [0.25, 0.3) is 5.65 Å². The van der Waals surface area contributed by atoms with Crippen LogP contribution < -0.4 is 10.1 Å². The Morgan fingerprint density at radius 2 is 2.22 bits per heavy atom. The molecule has 3 rings (SSSR count). The Hall–Kier alpha value is -2.96. The van der Waals surface area contributed by atoms with Crippen LogP contribution in [-0.2, 0) is 6.42 Å². The maximum atomic E-state index is 12.1. The summed E-state index contributed by atoms with van der Waals surface area (Å²) in [4.78, 5) is 16.0. The van der Waals surface area contributed by atoms with Gasteiger partial charge in [0.25, 0.3) is 5.91 Å². The van der Waals surface area contributed by atoms with E-state index >= 15 is 0 Å². The summed E-state index contributed by atoms with van der Waals surface area (Å²) >= 11 is 0. The van der Waals surface area contributed by atoms with Crippen molar-refractivity contribution in [2.45, 2.75) is 12.8 Å². The number of amides is 1. The zero-order valence-electron chi connectivity index (χ0n) is 12.8. The van der Waals surface area contributed by atoms with E-state index in [9.17, 15) is 4.79 Å². The second kappa shape index (κ2) is 6.87. The van der Waals surface area contributed by atoms with E-state index in [0.717, 1.165) is 24.3 Å². The highest BCUT2D eigenvalue weighted by atomic mass is 16.5. The molecule has 7 heteroatoms. The van der Waals surface area contributed by atoms with E-state index < -0.39 is 0 Å². The lowest BCUT2D eigenvalue weighted by Crippen LogP contribution is -2.25. The van der Waals surface area contributed by atoms with E-state index in [-0.39, 0.29) is 5.91 Å². The van der Waals surface area contributed by atoms with Gasteiger partial charge in [-0.1, -0.05) is 6.07 Å². The third-order valence-electron chi connectivity index (χ3n) is 3.45. The van der Waals surface area contributed by atoms with Crippen LogP contribution in [0.3, 0.4) is 0 Å². The van der Waals surface area contributed by atoms with Crippen molar-refractivity contribution in [2.75, 3.05) is 13.7 Å². The molecule has 0 aliphatic carbocycles. The molecule has 7 nitrogen and oxygen atoms in total. The van der Waals surface area contributed by atoms with Gasteiger partial charge in [0.15, 0.2) is 5.65 Å². The van der Waals surface area contributed by atoms with Gasteiger partial charge < -0.3 is 10.1 Å². The predicted octanol–water partition coefficient (Wildman–Crippen LogP) is 1.50. The standard InChI is InChI=1S/C16H17N5O2/c1-23-15-11-12(7-9-17-15)16(22)18-8-4-6-14-20-19-13-5-2-3-10-21(13)14/h2-3,5,7,9-11H,4,6,8H2,1H3,(H,18,22). The summed E-state index contributed by atoms with van der Waals surface area (Å²) in [5.41, 5.74) is 1.36. The molecule has 0 unspecified atom stereocenters. The molecule has 0 aliphatic heterocycles. The normalized spacial score (nSPS) is 10.7. The van der Waals surface area contributed by atoms with Crippen molar-refractivity contribution in [1.29, 1.82) is 0 Å². The Morgan fingerprint density at radius 3 is 3.09 bits per heavy atom. The summed E-state index contributed by atoms with van der Waals surface area (Å²) in [6, 6.07) is 9.05. The van der Waals surface area contributed by atoms with Crippen molar-refractivity contribution >= 4 is 11.6 Å². The van der Waals surface area contributed by atoms with Crippen molar-refractivity contribution in [1.82, 2.24) is 24.9 Å². The van der Waals surface area contributed by atoms with Gasteiger partial charge in [-0.05, 0) is 24.6 Å². The molecule has 0 radical (unpaired) electrons. The third-order valence-corrected chi connectivity index (χ3v) is 3.45. The molecule has 1 amide bonds. The number of methoxy groups -OCH3 is 1. The summed E-state index contributed by atoms with van der Waals surface area (Å²) < 4.78 is 6.97. The summed E-state index contributed by atoms with van der Waals surface area (Å²) in [6.45, 7) is 0.561. The molecule has 23 heavy (non-hydrogen) atoms. The van der Waals surface area contributed by atoms with Crippen LogP contribution >= 0.6 is 0 Å². The van der Waals surface area contributed by atoms with E-state index in [4.69, 9.17) is 4.74 Å². The molecule has 3 aromatic heterocycles. The van der Waals surface area contributed by atoms with Crippen molar-refractivity contribution < 1.29 is 9.53 Å². The van der Waals surface area contributed by atoms with Gasteiger partial charge in [0.05, 0.1) is 7.11 Å². The molecule has 118 valence electrons. The minimum Gasteiger partial charge on any atom is -0.481 e. The second-order valence-electron chi connectivity index (χ2n) is 4.99. The van der Waals surface area contributed by atoms with Crippen LogP contribution in [0.1, 0.15) is 22.6 Å². The van der Waals surface area contributed by atoms with Crippen LogP contribution in [0.5, 0.6) is 5.88 Å². The van der Waals surface area contributed by atoms with Crippen molar-refractivity contribution in [3.05, 3.63) is 54.1 Å². The number of carbonyl (C=O) groups is 1. The van der Waals surface area contributed by atoms with E-state index in [0.29, 0.717) is 18.0 Å². The van der Waals surface area contributed by atoms with Gasteiger partial charge in [-0.15, -0.1) is 10.2 Å². The van der Waals surface area contributed by atoms with Gasteiger partial charge in [0.2, 0.25) is 5.88 Å². The maximum Gasteiger partial charge on any atom is 0.251 e. The van der Waals surface area contributed by atoms with E-state index in [1.54, 1.807) is 18.3 Å². The summed E-state index contributed by atoms with van der Waals surface area (Å²) in [6.07, 6.45) is 5.01. The molecule has 0 atom stereocenters. The molecule has 0 saturated heterocycles. The molecule has 0 bridgehead atoms. The minimum absolute atomic E-state index is 0.142. The lowest BCUT2D eigenvalue weighted by Gasteiger charge is -2.06. The SMILES string of the molecule is COc1cc(C(=O)NCCCc2nnc3ccccn23)ccn1. The first-order valence-corrected chi connectivity index (χ1v) is 7.35. The molecule has 0 aromatic carbocycles. The molecule has 3 aromatic rings. The van der Waals surface area contributed by atoms with Gasteiger partial charge in [-0.3, -0.25) is 9.20 Å². The van der Waals surface area contributed by atoms with E-state index in [2.05, 4.69) is 20.5 Å². The number of rotatable bonds is 6. The summed E-state index contributed by atoms with van der Waals surface area (Å²) in [5, 5.41) is 11.2. The van der Waals surface area contributed by atoms with Crippen LogP contribution in [0.15, 0.2) is 42.7 Å².